The van der Waals surface area contributed by atoms with Crippen molar-refractivity contribution in [2.75, 3.05) is 4.90 Å². The minimum absolute atomic E-state index is 0.0864. The highest BCUT2D eigenvalue weighted by atomic mass is 32.1. The summed E-state index contributed by atoms with van der Waals surface area (Å²) >= 11 is 5.59. The first-order valence-electron chi connectivity index (χ1n) is 7.43. The third-order valence-electron chi connectivity index (χ3n) is 4.48. The molecule has 0 spiro atoms. The highest BCUT2D eigenvalue weighted by Gasteiger charge is 2.45. The van der Waals surface area contributed by atoms with Gasteiger partial charge in [0.15, 0.2) is 5.11 Å². The summed E-state index contributed by atoms with van der Waals surface area (Å²) in [5.74, 6) is 0.0864. The van der Waals surface area contributed by atoms with Crippen LogP contribution >= 0.6 is 12.2 Å². The molecule has 1 amide bonds. The van der Waals surface area contributed by atoms with Crippen LogP contribution in [0.25, 0.3) is 0 Å². The molecule has 2 aromatic carbocycles. The fourth-order valence-corrected chi connectivity index (χ4v) is 3.64. The zero-order chi connectivity index (χ0) is 15.3. The lowest BCUT2D eigenvalue weighted by Gasteiger charge is -2.30. The van der Waals surface area contributed by atoms with Gasteiger partial charge in [-0.3, -0.25) is 9.69 Å². The lowest BCUT2D eigenvalue weighted by Crippen LogP contribution is -2.39. The molecule has 4 rings (SSSR count). The van der Waals surface area contributed by atoms with Crippen LogP contribution in [0.4, 0.5) is 5.69 Å². The molecule has 3 nitrogen and oxygen atoms in total. The maximum Gasteiger partial charge on any atom is 0.256 e. The molecular weight excluding hydrogens is 292 g/mol. The van der Waals surface area contributed by atoms with Crippen molar-refractivity contribution in [3.8, 4) is 0 Å². The van der Waals surface area contributed by atoms with Gasteiger partial charge in [0.25, 0.3) is 5.91 Å². The monoisotopic (exact) mass is 308 g/mol. The first-order valence-corrected chi connectivity index (χ1v) is 7.84. The number of aryl methyl sites for hydroxylation is 1. The standard InChI is InChI=1S/C18H16N2OS/c1-12-6-8-15(9-7-12)20-17(21)16-10-13-4-2-3-5-14(13)11-19(16)18(20)22/h2-9,16H,10-11H2,1H3/t16-/m1/s1. The summed E-state index contributed by atoms with van der Waals surface area (Å²) in [6, 6.07) is 16.1. The number of benzene rings is 2. The summed E-state index contributed by atoms with van der Waals surface area (Å²) in [5.41, 5.74) is 4.55. The van der Waals surface area contributed by atoms with Gasteiger partial charge in [0.05, 0.1) is 5.69 Å². The second-order valence-corrected chi connectivity index (χ2v) is 6.27. The second-order valence-electron chi connectivity index (χ2n) is 5.91. The topological polar surface area (TPSA) is 23.6 Å². The van der Waals surface area contributed by atoms with Crippen molar-refractivity contribution in [2.24, 2.45) is 0 Å². The van der Waals surface area contributed by atoms with Gasteiger partial charge in [-0.15, -0.1) is 0 Å². The maximum atomic E-state index is 12.8. The van der Waals surface area contributed by atoms with E-state index in [1.807, 2.05) is 43.3 Å². The number of hydrogen-bond donors (Lipinski definition) is 0. The molecule has 1 fully saturated rings. The molecule has 0 N–H and O–H groups in total. The number of anilines is 1. The molecule has 0 aliphatic carbocycles. The van der Waals surface area contributed by atoms with Crippen LogP contribution in [0.3, 0.4) is 0 Å². The van der Waals surface area contributed by atoms with Crippen LogP contribution in [-0.2, 0) is 17.8 Å². The van der Waals surface area contributed by atoms with Crippen LogP contribution in [0.15, 0.2) is 48.5 Å². The van der Waals surface area contributed by atoms with E-state index in [4.69, 9.17) is 12.2 Å². The van der Waals surface area contributed by atoms with Crippen LogP contribution in [0, 0.1) is 6.92 Å². The number of rotatable bonds is 1. The Morgan fingerprint density at radius 2 is 1.73 bits per heavy atom. The van der Waals surface area contributed by atoms with Crippen molar-refractivity contribution < 1.29 is 4.79 Å². The van der Waals surface area contributed by atoms with Gasteiger partial charge < -0.3 is 4.90 Å². The fourth-order valence-electron chi connectivity index (χ4n) is 3.25. The Balaban J connectivity index is 1.71. The Bertz CT molecular complexity index is 726. The van der Waals surface area contributed by atoms with Gasteiger partial charge >= 0.3 is 0 Å². The Labute approximate surface area is 135 Å². The highest BCUT2D eigenvalue weighted by molar-refractivity contribution is 7.80. The van der Waals surface area contributed by atoms with Gasteiger partial charge in [-0.1, -0.05) is 42.0 Å². The van der Waals surface area contributed by atoms with Gasteiger partial charge in [-0.25, -0.2) is 0 Å². The fraction of sp³-hybridized carbons (Fsp3) is 0.222. The normalized spacial score (nSPS) is 20.1. The van der Waals surface area contributed by atoms with Gasteiger partial charge in [0.1, 0.15) is 6.04 Å². The van der Waals surface area contributed by atoms with Gasteiger partial charge in [0, 0.05) is 13.0 Å². The molecule has 0 aromatic heterocycles. The third kappa shape index (κ3) is 1.95. The van der Waals surface area contributed by atoms with Gasteiger partial charge in [0.2, 0.25) is 0 Å². The summed E-state index contributed by atoms with van der Waals surface area (Å²) in [4.78, 5) is 16.6. The molecule has 1 atom stereocenters. The van der Waals surface area contributed by atoms with Crippen LogP contribution in [-0.4, -0.2) is 22.0 Å². The van der Waals surface area contributed by atoms with E-state index in [0.29, 0.717) is 11.7 Å². The highest BCUT2D eigenvalue weighted by Crippen LogP contribution is 2.33. The van der Waals surface area contributed by atoms with Crippen molar-refractivity contribution in [3.63, 3.8) is 0 Å². The molecule has 2 heterocycles. The maximum absolute atomic E-state index is 12.8. The summed E-state index contributed by atoms with van der Waals surface area (Å²) in [6.45, 7) is 2.75. The smallest absolute Gasteiger partial charge is 0.256 e. The molecular formula is C18H16N2OS. The second kappa shape index (κ2) is 4.92. The number of fused-ring (bicyclic) bond motifs is 2. The average Bonchev–Trinajstić information content (AvgIpc) is 2.78. The quantitative estimate of drug-likeness (QED) is 0.757. The lowest BCUT2D eigenvalue weighted by atomic mass is 9.95. The van der Waals surface area contributed by atoms with Gasteiger partial charge in [-0.2, -0.15) is 0 Å². The third-order valence-corrected chi connectivity index (χ3v) is 4.90. The molecule has 0 bridgehead atoms. The summed E-state index contributed by atoms with van der Waals surface area (Å²) < 4.78 is 0. The number of hydrogen-bond acceptors (Lipinski definition) is 2. The number of carbonyl (C=O) groups excluding carboxylic acids is 1. The minimum atomic E-state index is -0.163. The molecule has 0 radical (unpaired) electrons. The minimum Gasteiger partial charge on any atom is -0.332 e. The molecule has 2 aliphatic heterocycles. The zero-order valence-corrected chi connectivity index (χ0v) is 13.1. The van der Waals surface area contributed by atoms with Crippen LogP contribution < -0.4 is 4.90 Å². The Morgan fingerprint density at radius 3 is 2.45 bits per heavy atom. The summed E-state index contributed by atoms with van der Waals surface area (Å²) in [5, 5.41) is 0.619. The van der Waals surface area contributed by atoms with E-state index in [9.17, 15) is 4.79 Å². The van der Waals surface area contributed by atoms with E-state index >= 15 is 0 Å². The number of amides is 1. The number of carbonyl (C=O) groups is 1. The molecule has 0 unspecified atom stereocenters. The van der Waals surface area contributed by atoms with E-state index in [-0.39, 0.29) is 11.9 Å². The SMILES string of the molecule is Cc1ccc(N2C(=O)[C@H]3Cc4ccccc4CN3C2=S)cc1. The zero-order valence-electron chi connectivity index (χ0n) is 12.3. The number of thiocarbonyl (C=S) groups is 1. The Hall–Kier alpha value is -2.20. The molecule has 22 heavy (non-hydrogen) atoms. The van der Waals surface area contributed by atoms with E-state index in [2.05, 4.69) is 17.0 Å². The van der Waals surface area contributed by atoms with Crippen molar-refractivity contribution in [2.45, 2.75) is 25.9 Å². The predicted octanol–water partition coefficient (Wildman–Crippen LogP) is 3.05. The lowest BCUT2D eigenvalue weighted by molar-refractivity contribution is -0.119. The number of nitrogens with zero attached hydrogens (tertiary/aromatic N) is 2. The van der Waals surface area contributed by atoms with Crippen molar-refractivity contribution in [1.29, 1.82) is 0 Å². The molecule has 2 aromatic rings. The predicted molar refractivity (Wildman–Crippen MR) is 90.7 cm³/mol. The molecule has 0 saturated carbocycles. The Morgan fingerprint density at radius 1 is 1.05 bits per heavy atom. The molecule has 2 aliphatic rings. The molecule has 1 saturated heterocycles. The molecule has 4 heteroatoms. The van der Waals surface area contributed by atoms with E-state index in [1.54, 1.807) is 4.90 Å². The first kappa shape index (κ1) is 13.5. The van der Waals surface area contributed by atoms with Crippen LogP contribution in [0.5, 0.6) is 0 Å². The summed E-state index contributed by atoms with van der Waals surface area (Å²) in [7, 11) is 0. The van der Waals surface area contributed by atoms with Crippen LogP contribution in [0.1, 0.15) is 16.7 Å². The first-order chi connectivity index (χ1) is 10.6. The van der Waals surface area contributed by atoms with Crippen molar-refractivity contribution >= 4 is 28.9 Å². The van der Waals surface area contributed by atoms with E-state index in [1.165, 1.54) is 16.7 Å². The van der Waals surface area contributed by atoms with Crippen molar-refractivity contribution in [1.82, 2.24) is 4.90 Å². The van der Waals surface area contributed by atoms with Crippen LogP contribution in [0.2, 0.25) is 0 Å². The largest absolute Gasteiger partial charge is 0.332 e. The van der Waals surface area contributed by atoms with Gasteiger partial charge in [-0.05, 0) is 42.4 Å². The van der Waals surface area contributed by atoms with E-state index < -0.39 is 0 Å². The van der Waals surface area contributed by atoms with Crippen molar-refractivity contribution in [3.05, 3.63) is 65.2 Å². The Kier molecular flexibility index (Phi) is 3.01. The average molecular weight is 308 g/mol. The van der Waals surface area contributed by atoms with E-state index in [0.717, 1.165) is 12.1 Å². The molecule has 110 valence electrons. The summed E-state index contributed by atoms with van der Waals surface area (Å²) in [6.07, 6.45) is 0.734.